The number of ether oxygens (including phenoxy) is 2. The fourth-order valence-corrected chi connectivity index (χ4v) is 3.97. The smallest absolute Gasteiger partial charge is 0.328 e. The first-order chi connectivity index (χ1) is 17.3. The third-order valence-electron chi connectivity index (χ3n) is 5.70. The number of esters is 2. The van der Waals surface area contributed by atoms with Crippen molar-refractivity contribution in [2.45, 2.75) is 45.1 Å². The van der Waals surface area contributed by atoms with Gasteiger partial charge in [-0.25, -0.2) is 4.79 Å². The Morgan fingerprint density at radius 3 is 2.53 bits per heavy atom. The zero-order chi connectivity index (χ0) is 26.1. The minimum absolute atomic E-state index is 0.00733. The molecule has 0 aliphatic carbocycles. The average Bonchev–Trinajstić information content (AvgIpc) is 3.25. The Morgan fingerprint density at radius 2 is 1.83 bits per heavy atom. The highest BCUT2D eigenvalue weighted by Crippen LogP contribution is 2.35. The normalized spacial score (nSPS) is 14.8. The molecule has 0 bridgehead atoms. The maximum absolute atomic E-state index is 12.7. The van der Waals surface area contributed by atoms with E-state index in [4.69, 9.17) is 20.9 Å². The summed E-state index contributed by atoms with van der Waals surface area (Å²) in [7, 11) is 0. The first-order valence-electron chi connectivity index (χ1n) is 12.0. The van der Waals surface area contributed by atoms with Gasteiger partial charge < -0.3 is 36.9 Å². The van der Waals surface area contributed by atoms with E-state index >= 15 is 0 Å². The van der Waals surface area contributed by atoms with E-state index in [9.17, 15) is 14.4 Å². The van der Waals surface area contributed by atoms with E-state index in [1.54, 1.807) is 38.1 Å². The van der Waals surface area contributed by atoms with Crippen molar-refractivity contribution < 1.29 is 23.9 Å². The lowest BCUT2D eigenvalue weighted by Gasteiger charge is -2.17. The Kier molecular flexibility index (Phi) is 9.25. The van der Waals surface area contributed by atoms with E-state index in [0.29, 0.717) is 30.3 Å². The molecule has 1 aromatic carbocycles. The molecule has 1 aromatic heterocycles. The third kappa shape index (κ3) is 6.96. The maximum atomic E-state index is 12.7. The molecule has 0 radical (unpaired) electrons. The van der Waals surface area contributed by atoms with E-state index in [2.05, 4.69) is 25.9 Å². The van der Waals surface area contributed by atoms with Gasteiger partial charge in [0.25, 0.3) is 5.91 Å². The van der Waals surface area contributed by atoms with Gasteiger partial charge in [-0.05, 0) is 51.0 Å². The molecule has 3 rings (SSSR count). The molecule has 0 fully saturated rings. The molecule has 0 saturated carbocycles. The van der Waals surface area contributed by atoms with Crippen LogP contribution in [-0.2, 0) is 19.1 Å². The van der Waals surface area contributed by atoms with Crippen LogP contribution in [0.25, 0.3) is 0 Å². The van der Waals surface area contributed by atoms with Crippen LogP contribution in [0.4, 0.5) is 23.3 Å². The summed E-state index contributed by atoms with van der Waals surface area (Å²) < 4.78 is 9.93. The van der Waals surface area contributed by atoms with Crippen LogP contribution in [0.15, 0.2) is 24.3 Å². The zero-order valence-electron chi connectivity index (χ0n) is 20.5. The van der Waals surface area contributed by atoms with Crippen molar-refractivity contribution in [3.8, 4) is 0 Å². The number of carbonyl (C=O) groups excluding carboxylic acids is 3. The molecule has 1 unspecified atom stereocenters. The van der Waals surface area contributed by atoms with Crippen molar-refractivity contribution in [1.82, 2.24) is 15.3 Å². The molecule has 12 nitrogen and oxygen atoms in total. The summed E-state index contributed by atoms with van der Waals surface area (Å²) in [4.78, 5) is 44.9. The second-order valence-corrected chi connectivity index (χ2v) is 8.22. The lowest BCUT2D eigenvalue weighted by atomic mass is 9.99. The quantitative estimate of drug-likeness (QED) is 0.268. The van der Waals surface area contributed by atoms with Crippen molar-refractivity contribution in [3.05, 3.63) is 35.4 Å². The molecule has 1 aliphatic heterocycles. The van der Waals surface area contributed by atoms with Gasteiger partial charge in [0.2, 0.25) is 5.95 Å². The van der Waals surface area contributed by atoms with E-state index in [1.807, 2.05) is 0 Å². The number of nitrogens with one attached hydrogen (secondary N) is 3. The van der Waals surface area contributed by atoms with Crippen molar-refractivity contribution in [2.75, 3.05) is 48.4 Å². The second-order valence-electron chi connectivity index (χ2n) is 8.22. The number of aromatic nitrogens is 2. The van der Waals surface area contributed by atoms with Crippen molar-refractivity contribution >= 4 is 41.1 Å². The molecule has 36 heavy (non-hydrogen) atoms. The Labute approximate surface area is 209 Å². The Morgan fingerprint density at radius 1 is 1.11 bits per heavy atom. The molecule has 194 valence electrons. The Bertz CT molecular complexity index is 1080. The predicted molar refractivity (Wildman–Crippen MR) is 135 cm³/mol. The molecule has 1 aliphatic rings. The number of anilines is 4. The highest BCUT2D eigenvalue weighted by atomic mass is 16.5. The van der Waals surface area contributed by atoms with Gasteiger partial charge in [-0.1, -0.05) is 0 Å². The molecule has 2 heterocycles. The van der Waals surface area contributed by atoms with Gasteiger partial charge in [0.05, 0.1) is 13.2 Å². The molecule has 7 N–H and O–H groups in total. The van der Waals surface area contributed by atoms with Crippen LogP contribution in [0.3, 0.4) is 0 Å². The van der Waals surface area contributed by atoms with Gasteiger partial charge in [-0.2, -0.15) is 9.97 Å². The number of nitrogens with zero attached hydrogens (tertiary/aromatic N) is 2. The van der Waals surface area contributed by atoms with Crippen LogP contribution in [0, 0.1) is 0 Å². The highest BCUT2D eigenvalue weighted by Gasteiger charge is 2.27. The molecule has 1 amide bonds. The van der Waals surface area contributed by atoms with Gasteiger partial charge in [-0.15, -0.1) is 0 Å². The Balaban J connectivity index is 1.52. The summed E-state index contributed by atoms with van der Waals surface area (Å²) in [5.41, 5.74) is 13.8. The van der Waals surface area contributed by atoms with Crippen LogP contribution in [0.1, 0.15) is 54.9 Å². The number of nitrogens with two attached hydrogens (primary N) is 2. The molecule has 0 spiro atoms. The summed E-state index contributed by atoms with van der Waals surface area (Å²) in [6.07, 6.45) is 0.873. The van der Waals surface area contributed by atoms with Gasteiger partial charge in [0.1, 0.15) is 17.7 Å². The van der Waals surface area contributed by atoms with Gasteiger partial charge in [0.15, 0.2) is 0 Å². The summed E-state index contributed by atoms with van der Waals surface area (Å²) in [5.74, 6) is -0.0820. The number of rotatable bonds is 12. The third-order valence-corrected chi connectivity index (χ3v) is 5.70. The minimum atomic E-state index is -0.950. The standard InChI is InChI=1S/C24H33N7O5/c1-3-35-18(32)10-9-17(23(34)36-4-2)29-22(33)14-5-7-16(8-6-14)27-12-11-15-13-28-21-19(15)20(25)30-24(26)31-21/h5-8,15,17,27H,3-4,9-13H2,1-2H3,(H,29,33)(H5,25,26,28,30,31)/t15?,17-/m0/s1. The Hall–Kier alpha value is -4.09. The lowest BCUT2D eigenvalue weighted by Crippen LogP contribution is -2.42. The number of benzene rings is 1. The topological polar surface area (TPSA) is 184 Å². The van der Waals surface area contributed by atoms with Crippen molar-refractivity contribution in [1.29, 1.82) is 0 Å². The number of hydrogen-bond acceptors (Lipinski definition) is 11. The monoisotopic (exact) mass is 499 g/mol. The largest absolute Gasteiger partial charge is 0.466 e. The molecular formula is C24H33N7O5. The fraction of sp³-hybridized carbons (Fsp3) is 0.458. The van der Waals surface area contributed by atoms with Crippen LogP contribution >= 0.6 is 0 Å². The maximum Gasteiger partial charge on any atom is 0.328 e. The molecule has 12 heteroatoms. The number of hydrogen-bond donors (Lipinski definition) is 5. The summed E-state index contributed by atoms with van der Waals surface area (Å²) >= 11 is 0. The van der Waals surface area contributed by atoms with Gasteiger partial charge in [0, 0.05) is 42.2 Å². The SMILES string of the molecule is CCOC(=O)CC[C@H](NC(=O)c1ccc(NCCC2CNc3nc(N)nc(N)c32)cc1)C(=O)OCC. The van der Waals surface area contributed by atoms with Gasteiger partial charge >= 0.3 is 11.9 Å². The minimum Gasteiger partial charge on any atom is -0.466 e. The number of amides is 1. The number of nitrogen functional groups attached to an aromatic ring is 2. The fourth-order valence-electron chi connectivity index (χ4n) is 3.97. The summed E-state index contributed by atoms with van der Waals surface area (Å²) in [6.45, 7) is 5.16. The molecular weight excluding hydrogens is 466 g/mol. The summed E-state index contributed by atoms with van der Waals surface area (Å²) in [6, 6.07) is 5.94. The van der Waals surface area contributed by atoms with E-state index < -0.39 is 23.9 Å². The first-order valence-corrected chi connectivity index (χ1v) is 12.0. The van der Waals surface area contributed by atoms with Crippen molar-refractivity contribution in [3.63, 3.8) is 0 Å². The van der Waals surface area contributed by atoms with Crippen LogP contribution in [0.2, 0.25) is 0 Å². The number of carbonyl (C=O) groups is 3. The lowest BCUT2D eigenvalue weighted by molar-refractivity contribution is -0.146. The second kappa shape index (κ2) is 12.6. The number of fused-ring (bicyclic) bond motifs is 1. The zero-order valence-corrected chi connectivity index (χ0v) is 20.5. The molecule has 0 saturated heterocycles. The van der Waals surface area contributed by atoms with E-state index in [1.165, 1.54) is 0 Å². The van der Waals surface area contributed by atoms with E-state index in [0.717, 1.165) is 17.7 Å². The van der Waals surface area contributed by atoms with Gasteiger partial charge in [-0.3, -0.25) is 9.59 Å². The van der Waals surface area contributed by atoms with Crippen LogP contribution in [-0.4, -0.2) is 60.2 Å². The molecule has 2 atom stereocenters. The summed E-state index contributed by atoms with van der Waals surface area (Å²) in [5, 5.41) is 9.19. The van der Waals surface area contributed by atoms with Crippen molar-refractivity contribution in [2.24, 2.45) is 0 Å². The first kappa shape index (κ1) is 26.5. The predicted octanol–water partition coefficient (Wildman–Crippen LogP) is 1.66. The molecule has 2 aromatic rings. The average molecular weight is 500 g/mol. The highest BCUT2D eigenvalue weighted by molar-refractivity contribution is 5.97. The van der Waals surface area contributed by atoms with Crippen LogP contribution < -0.4 is 27.4 Å². The van der Waals surface area contributed by atoms with E-state index in [-0.39, 0.29) is 37.9 Å². The van der Waals surface area contributed by atoms with Crippen LogP contribution in [0.5, 0.6) is 0 Å².